The van der Waals surface area contributed by atoms with Crippen molar-refractivity contribution in [3.8, 4) is 0 Å². The number of halogens is 6. The maximum Gasteiger partial charge on any atom is 0.436 e. The molecule has 2 heterocycles. The van der Waals surface area contributed by atoms with Gasteiger partial charge in [0.1, 0.15) is 17.2 Å². The Morgan fingerprint density at radius 2 is 1.47 bits per heavy atom. The third-order valence-corrected chi connectivity index (χ3v) is 3.87. The van der Waals surface area contributed by atoms with E-state index in [1.54, 1.807) is 13.8 Å². The van der Waals surface area contributed by atoms with Crippen molar-refractivity contribution in [1.82, 2.24) is 19.6 Å². The Balaban J connectivity index is 2.19. The lowest BCUT2D eigenvalue weighted by atomic mass is 10.2. The quantitative estimate of drug-likeness (QED) is 0.453. The Labute approximate surface area is 178 Å². The maximum absolute atomic E-state index is 13.3. The fourth-order valence-corrected chi connectivity index (χ4v) is 2.59. The lowest BCUT2D eigenvalue weighted by Crippen LogP contribution is -2.23. The third kappa shape index (κ3) is 6.23. The van der Waals surface area contributed by atoms with Crippen LogP contribution in [0.2, 0.25) is 0 Å². The normalized spacial score (nSPS) is 13.3. The van der Waals surface area contributed by atoms with E-state index in [9.17, 15) is 35.9 Å². The first-order valence-corrected chi connectivity index (χ1v) is 9.23. The molecule has 0 aliphatic heterocycles. The largest absolute Gasteiger partial charge is 0.462 e. The maximum atomic E-state index is 13.3. The first-order valence-electron chi connectivity index (χ1n) is 9.23. The van der Waals surface area contributed by atoms with Crippen LogP contribution in [0.25, 0.3) is 0 Å². The molecule has 0 aliphatic rings. The van der Waals surface area contributed by atoms with Crippen LogP contribution in [-0.2, 0) is 35.4 Å². The van der Waals surface area contributed by atoms with Crippen LogP contribution in [0, 0.1) is 5.92 Å². The first-order chi connectivity index (χ1) is 14.6. The van der Waals surface area contributed by atoms with Crippen molar-refractivity contribution in [2.24, 2.45) is 13.0 Å². The minimum Gasteiger partial charge on any atom is -0.462 e. The topological polar surface area (TPSA) is 88.2 Å². The van der Waals surface area contributed by atoms with E-state index >= 15 is 0 Å². The summed E-state index contributed by atoms with van der Waals surface area (Å²) >= 11 is 0. The molecule has 178 valence electrons. The Kier molecular flexibility index (Phi) is 7.25. The molecule has 0 aliphatic carbocycles. The second-order valence-corrected chi connectivity index (χ2v) is 7.38. The molecule has 8 nitrogen and oxygen atoms in total. The zero-order valence-corrected chi connectivity index (χ0v) is 17.4. The van der Waals surface area contributed by atoms with Gasteiger partial charge in [-0.15, -0.1) is 0 Å². The summed E-state index contributed by atoms with van der Waals surface area (Å²) in [5.41, 5.74) is -4.62. The van der Waals surface area contributed by atoms with E-state index in [0.29, 0.717) is 4.68 Å². The highest BCUT2D eigenvalue weighted by Crippen LogP contribution is 2.32. The highest BCUT2D eigenvalue weighted by Gasteiger charge is 2.41. The number of alkyl halides is 6. The summed E-state index contributed by atoms with van der Waals surface area (Å²) in [6.07, 6.45) is -9.47. The number of carbonyl (C=O) groups is 2. The average Bonchev–Trinajstić information content (AvgIpc) is 3.22. The zero-order valence-electron chi connectivity index (χ0n) is 17.4. The second-order valence-electron chi connectivity index (χ2n) is 7.38. The SMILES string of the molecule is CC(C)COC(=O)c1cn(CC(C)OC(=O)c2cn(C)nc2C(F)(F)F)nc1C(F)(F)F. The molecule has 2 aromatic heterocycles. The van der Waals surface area contributed by atoms with E-state index < -0.39 is 59.5 Å². The number of nitrogens with zero attached hydrogens (tertiary/aromatic N) is 4. The fourth-order valence-electron chi connectivity index (χ4n) is 2.59. The molecule has 0 saturated carbocycles. The summed E-state index contributed by atoms with van der Waals surface area (Å²) in [4.78, 5) is 24.2. The molecule has 0 aromatic carbocycles. The summed E-state index contributed by atoms with van der Waals surface area (Å²) in [5, 5.41) is 6.50. The van der Waals surface area contributed by atoms with Gasteiger partial charge in [0.15, 0.2) is 11.4 Å². The van der Waals surface area contributed by atoms with Gasteiger partial charge in [0.05, 0.1) is 13.2 Å². The van der Waals surface area contributed by atoms with Gasteiger partial charge < -0.3 is 9.47 Å². The summed E-state index contributed by atoms with van der Waals surface area (Å²) in [7, 11) is 1.18. The van der Waals surface area contributed by atoms with Crippen molar-refractivity contribution in [1.29, 1.82) is 0 Å². The lowest BCUT2D eigenvalue weighted by Gasteiger charge is -2.13. The number of aromatic nitrogens is 4. The van der Waals surface area contributed by atoms with Crippen LogP contribution in [0.3, 0.4) is 0 Å². The van der Waals surface area contributed by atoms with E-state index in [1.807, 2.05) is 0 Å². The summed E-state index contributed by atoms with van der Waals surface area (Å²) in [6.45, 7) is 4.07. The van der Waals surface area contributed by atoms with E-state index in [2.05, 4.69) is 10.2 Å². The van der Waals surface area contributed by atoms with Gasteiger partial charge >= 0.3 is 24.3 Å². The van der Waals surface area contributed by atoms with Crippen molar-refractivity contribution in [3.63, 3.8) is 0 Å². The molecule has 1 atom stereocenters. The Morgan fingerprint density at radius 3 is 2.00 bits per heavy atom. The van der Waals surface area contributed by atoms with E-state index in [1.165, 1.54) is 14.0 Å². The van der Waals surface area contributed by atoms with Crippen LogP contribution in [0.1, 0.15) is 52.9 Å². The van der Waals surface area contributed by atoms with Crippen LogP contribution in [0.4, 0.5) is 26.3 Å². The van der Waals surface area contributed by atoms with Crippen LogP contribution >= 0.6 is 0 Å². The molecule has 0 bridgehead atoms. The van der Waals surface area contributed by atoms with Crippen LogP contribution in [0.15, 0.2) is 12.4 Å². The van der Waals surface area contributed by atoms with Gasteiger partial charge in [0.2, 0.25) is 0 Å². The van der Waals surface area contributed by atoms with Crippen molar-refractivity contribution >= 4 is 11.9 Å². The van der Waals surface area contributed by atoms with Gasteiger partial charge in [-0.2, -0.15) is 36.5 Å². The van der Waals surface area contributed by atoms with Gasteiger partial charge in [-0.3, -0.25) is 9.36 Å². The minimum absolute atomic E-state index is 0.109. The second kappa shape index (κ2) is 9.20. The van der Waals surface area contributed by atoms with Gasteiger partial charge in [-0.1, -0.05) is 13.8 Å². The molecule has 0 N–H and O–H groups in total. The van der Waals surface area contributed by atoms with Gasteiger partial charge in [0.25, 0.3) is 0 Å². The standard InChI is InChI=1S/C18H20F6N4O4/c1-9(2)8-31-15(29)12-7-28(26-14(12)18(22,23)24)5-10(3)32-16(30)11-6-27(4)25-13(11)17(19,20)21/h6-7,9-10H,5,8H2,1-4H3. The Hall–Kier alpha value is -3.06. The van der Waals surface area contributed by atoms with Crippen LogP contribution in [-0.4, -0.2) is 44.2 Å². The van der Waals surface area contributed by atoms with Crippen LogP contribution < -0.4 is 0 Å². The number of aryl methyl sites for hydroxylation is 1. The molecular formula is C18H20F6N4O4. The number of ether oxygens (including phenoxy) is 2. The number of hydrogen-bond donors (Lipinski definition) is 0. The van der Waals surface area contributed by atoms with Gasteiger partial charge in [-0.25, -0.2) is 9.59 Å². The zero-order chi connectivity index (χ0) is 24.4. The molecule has 2 aromatic rings. The predicted molar refractivity (Wildman–Crippen MR) is 95.4 cm³/mol. The molecule has 1 unspecified atom stereocenters. The fraction of sp³-hybridized carbons (Fsp3) is 0.556. The summed E-state index contributed by atoms with van der Waals surface area (Å²) in [5.74, 6) is -2.71. The smallest absolute Gasteiger partial charge is 0.436 e. The summed E-state index contributed by atoms with van der Waals surface area (Å²) < 4.78 is 90.0. The monoisotopic (exact) mass is 470 g/mol. The lowest BCUT2D eigenvalue weighted by molar-refractivity contribution is -0.142. The number of carbonyl (C=O) groups excluding carboxylic acids is 2. The third-order valence-electron chi connectivity index (χ3n) is 3.87. The number of rotatable bonds is 7. The van der Waals surface area contributed by atoms with E-state index in [4.69, 9.17) is 9.47 Å². The van der Waals surface area contributed by atoms with E-state index in [-0.39, 0.29) is 12.5 Å². The number of hydrogen-bond acceptors (Lipinski definition) is 6. The molecule has 14 heteroatoms. The molecule has 0 saturated heterocycles. The van der Waals surface area contributed by atoms with Crippen molar-refractivity contribution < 1.29 is 45.4 Å². The minimum atomic E-state index is -4.96. The molecule has 2 rings (SSSR count). The predicted octanol–water partition coefficient (Wildman–Crippen LogP) is 3.71. The Morgan fingerprint density at radius 1 is 0.938 bits per heavy atom. The van der Waals surface area contributed by atoms with Crippen LogP contribution in [0.5, 0.6) is 0 Å². The highest BCUT2D eigenvalue weighted by atomic mass is 19.4. The molecule has 0 fully saturated rings. The Bertz CT molecular complexity index is 977. The molecule has 0 spiro atoms. The average molecular weight is 470 g/mol. The molecule has 32 heavy (non-hydrogen) atoms. The first kappa shape index (κ1) is 25.2. The summed E-state index contributed by atoms with van der Waals surface area (Å²) in [6, 6.07) is 0. The highest BCUT2D eigenvalue weighted by molar-refractivity contribution is 5.91. The molecular weight excluding hydrogens is 450 g/mol. The van der Waals surface area contributed by atoms with Crippen molar-refractivity contribution in [2.45, 2.75) is 45.8 Å². The van der Waals surface area contributed by atoms with E-state index in [0.717, 1.165) is 17.1 Å². The van der Waals surface area contributed by atoms with Gasteiger partial charge in [0, 0.05) is 19.4 Å². The molecule has 0 amide bonds. The molecule has 0 radical (unpaired) electrons. The number of esters is 2. The van der Waals surface area contributed by atoms with Gasteiger partial charge in [-0.05, 0) is 12.8 Å². The van der Waals surface area contributed by atoms with Crippen molar-refractivity contribution in [3.05, 3.63) is 34.9 Å². The van der Waals surface area contributed by atoms with Crippen molar-refractivity contribution in [2.75, 3.05) is 6.61 Å².